The van der Waals surface area contributed by atoms with E-state index in [9.17, 15) is 14.9 Å². The van der Waals surface area contributed by atoms with Crippen LogP contribution in [0.2, 0.25) is 0 Å². The number of nitrogens with one attached hydrogen (secondary N) is 1. The van der Waals surface area contributed by atoms with Crippen molar-refractivity contribution in [2.45, 2.75) is 84.2 Å². The number of hydrogen-bond donors (Lipinski definition) is 1. The predicted molar refractivity (Wildman–Crippen MR) is 109 cm³/mol. The van der Waals surface area contributed by atoms with Crippen molar-refractivity contribution >= 4 is 22.7 Å². The Labute approximate surface area is 166 Å². The number of imidazole rings is 1. The van der Waals surface area contributed by atoms with Gasteiger partial charge in [0.1, 0.15) is 5.82 Å². The molecule has 0 aliphatic rings. The highest BCUT2D eigenvalue weighted by Crippen LogP contribution is 2.23. The summed E-state index contributed by atoms with van der Waals surface area (Å²) in [4.78, 5) is 29.8. The number of non-ortho nitro benzene ring substituents is 1. The van der Waals surface area contributed by atoms with Crippen molar-refractivity contribution in [3.63, 3.8) is 0 Å². The van der Waals surface area contributed by atoms with E-state index >= 15 is 0 Å². The van der Waals surface area contributed by atoms with Crippen molar-refractivity contribution in [1.29, 1.82) is 0 Å². The molecule has 1 N–H and O–H groups in total. The van der Waals surface area contributed by atoms with Crippen LogP contribution in [0.5, 0.6) is 0 Å². The van der Waals surface area contributed by atoms with E-state index in [1.165, 1.54) is 50.7 Å². The Morgan fingerprint density at radius 3 is 2.43 bits per heavy atom. The van der Waals surface area contributed by atoms with Crippen LogP contribution in [-0.4, -0.2) is 20.9 Å². The van der Waals surface area contributed by atoms with Crippen LogP contribution in [0.25, 0.3) is 11.0 Å². The molecule has 0 aliphatic heterocycles. The number of ether oxygens (including phenoxy) is 1. The zero-order valence-electron chi connectivity index (χ0n) is 16.9. The summed E-state index contributed by atoms with van der Waals surface area (Å²) in [6, 6.07) is 4.43. The van der Waals surface area contributed by atoms with E-state index in [0.29, 0.717) is 23.3 Å². The normalized spacial score (nSPS) is 12.2. The number of nitrogens with zero attached hydrogens (tertiary/aromatic N) is 2. The lowest BCUT2D eigenvalue weighted by molar-refractivity contribution is -0.384. The molecule has 0 spiro atoms. The number of H-pyrrole nitrogens is 1. The van der Waals surface area contributed by atoms with Crippen LogP contribution in [0.1, 0.15) is 90.0 Å². The fourth-order valence-electron chi connectivity index (χ4n) is 3.22. The van der Waals surface area contributed by atoms with Gasteiger partial charge in [0.25, 0.3) is 5.69 Å². The number of fused-ring (bicyclic) bond motifs is 1. The monoisotopic (exact) mass is 389 g/mol. The summed E-state index contributed by atoms with van der Waals surface area (Å²) in [5, 5.41) is 10.9. The first-order valence-electron chi connectivity index (χ1n) is 10.3. The number of nitro benzene ring substituents is 1. The lowest BCUT2D eigenvalue weighted by atomic mass is 10.1. The van der Waals surface area contributed by atoms with Crippen LogP contribution in [0.15, 0.2) is 18.2 Å². The number of carbonyl (C=O) groups excluding carboxylic acids is 1. The maximum absolute atomic E-state index is 12.0. The molecular weight excluding hydrogens is 358 g/mol. The fourth-order valence-corrected chi connectivity index (χ4v) is 3.22. The van der Waals surface area contributed by atoms with E-state index in [2.05, 4.69) is 16.9 Å². The molecule has 154 valence electrons. The van der Waals surface area contributed by atoms with Gasteiger partial charge in [-0.2, -0.15) is 0 Å². The zero-order valence-corrected chi connectivity index (χ0v) is 16.9. The lowest BCUT2D eigenvalue weighted by Crippen LogP contribution is -2.09. The number of esters is 1. The van der Waals surface area contributed by atoms with E-state index < -0.39 is 11.0 Å². The third-order valence-corrected chi connectivity index (χ3v) is 4.87. The average Bonchev–Trinajstić information content (AvgIpc) is 3.10. The van der Waals surface area contributed by atoms with Gasteiger partial charge < -0.3 is 9.72 Å². The van der Waals surface area contributed by atoms with Crippen molar-refractivity contribution < 1.29 is 14.5 Å². The third kappa shape index (κ3) is 6.94. The van der Waals surface area contributed by atoms with Gasteiger partial charge in [0.2, 0.25) is 0 Å². The van der Waals surface area contributed by atoms with E-state index in [-0.39, 0.29) is 11.7 Å². The number of rotatable bonds is 13. The molecule has 1 unspecified atom stereocenters. The second-order valence-electron chi connectivity index (χ2n) is 7.29. The van der Waals surface area contributed by atoms with Crippen molar-refractivity contribution in [1.82, 2.24) is 9.97 Å². The number of nitro groups is 1. The number of aromatic nitrogens is 2. The van der Waals surface area contributed by atoms with Gasteiger partial charge in [-0.25, -0.2) is 4.98 Å². The molecule has 2 aromatic rings. The van der Waals surface area contributed by atoms with Gasteiger partial charge in [0.15, 0.2) is 6.10 Å². The van der Waals surface area contributed by atoms with Gasteiger partial charge in [-0.05, 0) is 19.4 Å². The molecule has 2 rings (SSSR count). The second-order valence-corrected chi connectivity index (χ2v) is 7.29. The largest absolute Gasteiger partial charge is 0.454 e. The van der Waals surface area contributed by atoms with Gasteiger partial charge in [-0.15, -0.1) is 0 Å². The molecule has 1 atom stereocenters. The molecule has 0 aliphatic carbocycles. The number of aromatic amines is 1. The minimum absolute atomic E-state index is 0.00212. The first kappa shape index (κ1) is 21.9. The van der Waals surface area contributed by atoms with E-state index in [1.54, 1.807) is 13.0 Å². The summed E-state index contributed by atoms with van der Waals surface area (Å²) < 4.78 is 5.45. The second kappa shape index (κ2) is 11.4. The Kier molecular flexibility index (Phi) is 8.91. The minimum atomic E-state index is -0.516. The van der Waals surface area contributed by atoms with Crippen LogP contribution in [0.3, 0.4) is 0 Å². The van der Waals surface area contributed by atoms with E-state index in [4.69, 9.17) is 4.74 Å². The van der Waals surface area contributed by atoms with Crippen molar-refractivity contribution in [3.8, 4) is 0 Å². The fraction of sp³-hybridized carbons (Fsp3) is 0.619. The molecule has 1 heterocycles. The van der Waals surface area contributed by atoms with Gasteiger partial charge >= 0.3 is 5.97 Å². The SMILES string of the molecule is CCCCCCCCCCCC(=O)OC(C)c1nc2ccc([N+](=O)[O-])cc2[nH]1. The van der Waals surface area contributed by atoms with Gasteiger partial charge in [0, 0.05) is 18.6 Å². The maximum atomic E-state index is 12.0. The number of unbranched alkanes of at least 4 members (excludes halogenated alkanes) is 8. The van der Waals surface area contributed by atoms with E-state index in [1.807, 2.05) is 0 Å². The Hall–Kier alpha value is -2.44. The smallest absolute Gasteiger partial charge is 0.306 e. The minimum Gasteiger partial charge on any atom is -0.454 e. The number of benzene rings is 1. The molecule has 0 bridgehead atoms. The summed E-state index contributed by atoms with van der Waals surface area (Å²) in [6.07, 6.45) is 10.7. The van der Waals surface area contributed by atoms with Gasteiger partial charge in [-0.1, -0.05) is 58.3 Å². The molecule has 0 saturated carbocycles. The summed E-state index contributed by atoms with van der Waals surface area (Å²) in [5.41, 5.74) is 1.17. The highest BCUT2D eigenvalue weighted by molar-refractivity contribution is 5.78. The molecule has 0 saturated heterocycles. The highest BCUT2D eigenvalue weighted by Gasteiger charge is 2.17. The Morgan fingerprint density at radius 2 is 1.79 bits per heavy atom. The number of hydrogen-bond acceptors (Lipinski definition) is 5. The highest BCUT2D eigenvalue weighted by atomic mass is 16.6. The van der Waals surface area contributed by atoms with Crippen molar-refractivity contribution in [3.05, 3.63) is 34.1 Å². The maximum Gasteiger partial charge on any atom is 0.306 e. The average molecular weight is 389 g/mol. The number of carbonyl (C=O) groups is 1. The first-order valence-corrected chi connectivity index (χ1v) is 10.3. The lowest BCUT2D eigenvalue weighted by Gasteiger charge is -2.10. The summed E-state index contributed by atoms with van der Waals surface area (Å²) in [6.45, 7) is 3.97. The summed E-state index contributed by atoms with van der Waals surface area (Å²) in [7, 11) is 0. The molecule has 0 amide bonds. The van der Waals surface area contributed by atoms with Gasteiger partial charge in [-0.3, -0.25) is 14.9 Å². The van der Waals surface area contributed by atoms with Crippen LogP contribution in [0, 0.1) is 10.1 Å². The molecule has 0 radical (unpaired) electrons. The molecule has 1 aromatic heterocycles. The standard InChI is InChI=1S/C21H31N3O4/c1-3-4-5-6-7-8-9-10-11-12-20(25)28-16(2)21-22-18-14-13-17(24(26)27)15-19(18)23-21/h13-16H,3-12H2,1-2H3,(H,22,23). The van der Waals surface area contributed by atoms with Gasteiger partial charge in [0.05, 0.1) is 16.0 Å². The molecule has 28 heavy (non-hydrogen) atoms. The van der Waals surface area contributed by atoms with Crippen LogP contribution in [0.4, 0.5) is 5.69 Å². The molecular formula is C21H31N3O4. The predicted octanol–water partition coefficient (Wildman–Crippen LogP) is 6.00. The Morgan fingerprint density at radius 1 is 1.14 bits per heavy atom. The van der Waals surface area contributed by atoms with Crippen LogP contribution < -0.4 is 0 Å². The summed E-state index contributed by atoms with van der Waals surface area (Å²) in [5.74, 6) is 0.262. The zero-order chi connectivity index (χ0) is 20.4. The van der Waals surface area contributed by atoms with Crippen molar-refractivity contribution in [2.75, 3.05) is 0 Å². The first-order chi connectivity index (χ1) is 13.5. The van der Waals surface area contributed by atoms with Crippen molar-refractivity contribution in [2.24, 2.45) is 0 Å². The summed E-state index contributed by atoms with van der Waals surface area (Å²) >= 11 is 0. The quantitative estimate of drug-likeness (QED) is 0.196. The molecule has 7 nitrogen and oxygen atoms in total. The molecule has 0 fully saturated rings. The molecule has 1 aromatic carbocycles. The van der Waals surface area contributed by atoms with Crippen LogP contribution >= 0.6 is 0 Å². The molecule has 7 heteroatoms. The van der Waals surface area contributed by atoms with Crippen LogP contribution in [-0.2, 0) is 9.53 Å². The topological polar surface area (TPSA) is 98.1 Å². The third-order valence-electron chi connectivity index (χ3n) is 4.87. The Bertz CT molecular complexity index is 772. The Balaban J connectivity index is 1.69. The van der Waals surface area contributed by atoms with E-state index in [0.717, 1.165) is 19.3 Å².